The van der Waals surface area contributed by atoms with E-state index in [1.807, 2.05) is 13.8 Å². The van der Waals surface area contributed by atoms with E-state index in [1.165, 1.54) is 11.1 Å². The standard InChI is InChI=1S/C15H28N6O3/c1-4-11(22)10(6-16)21(14(24)13(17)8(2)3)9-5-12(23)20-15(18)19-7-9/h7-8,10-11,13,22H,4-6,16-17H2,1-3H3,(H3,18,19,20,23). The first-order chi connectivity index (χ1) is 11.2. The molecule has 1 aliphatic rings. The smallest absolute Gasteiger partial charge is 0.244 e. The lowest BCUT2D eigenvalue weighted by Crippen LogP contribution is -2.56. The van der Waals surface area contributed by atoms with Crippen LogP contribution in [-0.4, -0.2) is 52.5 Å². The summed E-state index contributed by atoms with van der Waals surface area (Å²) in [6, 6.07) is -1.50. The van der Waals surface area contributed by atoms with Gasteiger partial charge in [0, 0.05) is 12.2 Å². The number of aliphatic hydroxyl groups excluding tert-OH is 1. The molecule has 8 N–H and O–H groups in total. The van der Waals surface area contributed by atoms with Gasteiger partial charge in [0.25, 0.3) is 0 Å². The maximum Gasteiger partial charge on any atom is 0.244 e. The van der Waals surface area contributed by atoms with Gasteiger partial charge in [-0.25, -0.2) is 4.99 Å². The summed E-state index contributed by atoms with van der Waals surface area (Å²) in [7, 11) is 0. The molecule has 3 atom stereocenters. The van der Waals surface area contributed by atoms with Gasteiger partial charge in [-0.1, -0.05) is 20.8 Å². The molecule has 0 aromatic rings. The molecular weight excluding hydrogens is 312 g/mol. The Labute approximate surface area is 141 Å². The van der Waals surface area contributed by atoms with Gasteiger partial charge in [0.1, 0.15) is 0 Å². The molecule has 0 bridgehead atoms. The van der Waals surface area contributed by atoms with Gasteiger partial charge in [-0.05, 0) is 12.3 Å². The molecule has 9 heteroatoms. The van der Waals surface area contributed by atoms with Crippen LogP contribution < -0.4 is 22.5 Å². The molecule has 1 heterocycles. The summed E-state index contributed by atoms with van der Waals surface area (Å²) in [6.07, 6.45) is 0.761. The number of aliphatic imine (C=N–C) groups is 1. The summed E-state index contributed by atoms with van der Waals surface area (Å²) in [4.78, 5) is 30.0. The van der Waals surface area contributed by atoms with Crippen molar-refractivity contribution in [2.75, 3.05) is 6.54 Å². The minimum atomic E-state index is -0.855. The quantitative estimate of drug-likeness (QED) is 0.382. The molecule has 0 saturated heterocycles. The van der Waals surface area contributed by atoms with Crippen molar-refractivity contribution >= 4 is 17.8 Å². The molecule has 0 spiro atoms. The van der Waals surface area contributed by atoms with Gasteiger partial charge >= 0.3 is 0 Å². The molecular formula is C15H28N6O3. The van der Waals surface area contributed by atoms with E-state index in [2.05, 4.69) is 10.3 Å². The number of carbonyl (C=O) groups excluding carboxylic acids is 2. The third-order valence-corrected chi connectivity index (χ3v) is 3.95. The van der Waals surface area contributed by atoms with Crippen LogP contribution in [0.3, 0.4) is 0 Å². The van der Waals surface area contributed by atoms with Crippen LogP contribution in [0, 0.1) is 5.92 Å². The van der Waals surface area contributed by atoms with Crippen molar-refractivity contribution < 1.29 is 14.7 Å². The number of nitrogens with one attached hydrogen (secondary N) is 1. The number of nitrogens with zero attached hydrogens (tertiary/aromatic N) is 2. The summed E-state index contributed by atoms with van der Waals surface area (Å²) < 4.78 is 0. The average molecular weight is 340 g/mol. The maximum absolute atomic E-state index is 12.9. The first-order valence-corrected chi connectivity index (χ1v) is 8.01. The lowest BCUT2D eigenvalue weighted by Gasteiger charge is -2.37. The Bertz CT molecular complexity index is 531. The second-order valence-corrected chi connectivity index (χ2v) is 6.12. The summed E-state index contributed by atoms with van der Waals surface area (Å²) >= 11 is 0. The molecule has 9 nitrogen and oxygen atoms in total. The first kappa shape index (κ1) is 20.1. The van der Waals surface area contributed by atoms with E-state index in [0.29, 0.717) is 12.1 Å². The highest BCUT2D eigenvalue weighted by atomic mass is 16.3. The summed E-state index contributed by atoms with van der Waals surface area (Å²) in [5, 5.41) is 12.7. The van der Waals surface area contributed by atoms with Gasteiger partial charge in [0.2, 0.25) is 11.8 Å². The molecule has 0 radical (unpaired) electrons. The highest BCUT2D eigenvalue weighted by Crippen LogP contribution is 2.21. The first-order valence-electron chi connectivity index (χ1n) is 8.01. The third-order valence-electron chi connectivity index (χ3n) is 3.95. The highest BCUT2D eigenvalue weighted by molar-refractivity contribution is 5.98. The van der Waals surface area contributed by atoms with E-state index in [0.717, 1.165) is 0 Å². The topological polar surface area (TPSA) is 160 Å². The van der Waals surface area contributed by atoms with Crippen LogP contribution in [-0.2, 0) is 9.59 Å². The lowest BCUT2D eigenvalue weighted by atomic mass is 9.99. The van der Waals surface area contributed by atoms with Gasteiger partial charge in [-0.15, -0.1) is 0 Å². The number of amides is 2. The van der Waals surface area contributed by atoms with Gasteiger partial charge < -0.3 is 27.2 Å². The van der Waals surface area contributed by atoms with Gasteiger partial charge in [0.15, 0.2) is 5.96 Å². The molecule has 0 aromatic carbocycles. The number of guanidine groups is 1. The Morgan fingerprint density at radius 3 is 2.62 bits per heavy atom. The predicted molar refractivity (Wildman–Crippen MR) is 91.3 cm³/mol. The fourth-order valence-electron chi connectivity index (χ4n) is 2.39. The molecule has 3 unspecified atom stereocenters. The van der Waals surface area contributed by atoms with E-state index in [9.17, 15) is 14.7 Å². The minimum Gasteiger partial charge on any atom is -0.391 e. The summed E-state index contributed by atoms with van der Waals surface area (Å²) in [6.45, 7) is 5.43. The van der Waals surface area contributed by atoms with Crippen LogP contribution in [0.5, 0.6) is 0 Å². The second kappa shape index (κ2) is 8.76. The van der Waals surface area contributed by atoms with Crippen LogP contribution in [0.15, 0.2) is 16.9 Å². The lowest BCUT2D eigenvalue weighted by molar-refractivity contribution is -0.136. The predicted octanol–water partition coefficient (Wildman–Crippen LogP) is -1.43. The van der Waals surface area contributed by atoms with Gasteiger partial charge in [-0.3, -0.25) is 14.9 Å². The number of nitrogens with two attached hydrogens (primary N) is 3. The Morgan fingerprint density at radius 1 is 1.50 bits per heavy atom. The van der Waals surface area contributed by atoms with Crippen molar-refractivity contribution in [2.45, 2.75) is 51.8 Å². The molecule has 2 amide bonds. The molecule has 0 aliphatic carbocycles. The normalized spacial score (nSPS) is 18.9. The van der Waals surface area contributed by atoms with E-state index >= 15 is 0 Å². The molecule has 1 aliphatic heterocycles. The maximum atomic E-state index is 12.9. The highest BCUT2D eigenvalue weighted by Gasteiger charge is 2.35. The van der Waals surface area contributed by atoms with Gasteiger partial charge in [-0.2, -0.15) is 0 Å². The van der Waals surface area contributed by atoms with E-state index in [4.69, 9.17) is 17.2 Å². The monoisotopic (exact) mass is 340 g/mol. The van der Waals surface area contributed by atoms with Crippen molar-refractivity contribution in [3.63, 3.8) is 0 Å². The molecule has 0 aromatic heterocycles. The van der Waals surface area contributed by atoms with Crippen molar-refractivity contribution in [2.24, 2.45) is 28.1 Å². The Morgan fingerprint density at radius 2 is 2.12 bits per heavy atom. The zero-order valence-corrected chi connectivity index (χ0v) is 14.4. The summed E-state index contributed by atoms with van der Waals surface area (Å²) in [5.41, 5.74) is 17.6. The van der Waals surface area contributed by atoms with Crippen LogP contribution >= 0.6 is 0 Å². The minimum absolute atomic E-state index is 0.0176. The second-order valence-electron chi connectivity index (χ2n) is 6.12. The Hall–Kier alpha value is -1.97. The van der Waals surface area contributed by atoms with E-state index in [1.54, 1.807) is 6.92 Å². The zero-order valence-electron chi connectivity index (χ0n) is 14.4. The number of aliphatic hydroxyl groups is 1. The average Bonchev–Trinajstić information content (AvgIpc) is 2.70. The van der Waals surface area contributed by atoms with E-state index in [-0.39, 0.29) is 24.8 Å². The van der Waals surface area contributed by atoms with Crippen molar-refractivity contribution in [3.8, 4) is 0 Å². The molecule has 0 fully saturated rings. The van der Waals surface area contributed by atoms with E-state index < -0.39 is 30.0 Å². The number of carbonyl (C=O) groups is 2. The molecule has 0 saturated carbocycles. The SMILES string of the molecule is CCC(O)C(CN)N(C(=O)C(N)C(C)C)C1=CN=C(N)NC(=O)C1. The fraction of sp³-hybridized carbons (Fsp3) is 0.667. The number of rotatable bonds is 7. The van der Waals surface area contributed by atoms with Crippen molar-refractivity contribution in [1.29, 1.82) is 0 Å². The van der Waals surface area contributed by atoms with Crippen LogP contribution in [0.25, 0.3) is 0 Å². The largest absolute Gasteiger partial charge is 0.391 e. The third kappa shape index (κ3) is 4.76. The number of hydrogen-bond donors (Lipinski definition) is 5. The summed E-state index contributed by atoms with van der Waals surface area (Å²) in [5.74, 6) is -0.998. The van der Waals surface area contributed by atoms with Gasteiger partial charge in [0.05, 0.1) is 30.8 Å². The Balaban J connectivity index is 3.31. The van der Waals surface area contributed by atoms with Crippen LogP contribution in [0.1, 0.15) is 33.6 Å². The van der Waals surface area contributed by atoms with Crippen LogP contribution in [0.4, 0.5) is 0 Å². The molecule has 136 valence electrons. The van der Waals surface area contributed by atoms with Crippen LogP contribution in [0.2, 0.25) is 0 Å². The Kier molecular flexibility index (Phi) is 7.33. The fourth-order valence-corrected chi connectivity index (χ4v) is 2.39. The zero-order chi connectivity index (χ0) is 18.4. The van der Waals surface area contributed by atoms with Crippen molar-refractivity contribution in [1.82, 2.24) is 10.2 Å². The number of hydrogen-bond acceptors (Lipinski definition) is 7. The van der Waals surface area contributed by atoms with Crippen molar-refractivity contribution in [3.05, 3.63) is 11.9 Å². The molecule has 1 rings (SSSR count). The molecule has 24 heavy (non-hydrogen) atoms.